The molecule has 0 bridgehead atoms. The van der Waals surface area contributed by atoms with E-state index in [2.05, 4.69) is 0 Å². The Kier molecular flexibility index (Phi) is 6.23. The third-order valence-electron chi connectivity index (χ3n) is 9.72. The maximum Gasteiger partial charge on any atom is 0.338 e. The van der Waals surface area contributed by atoms with Gasteiger partial charge in [0.15, 0.2) is 5.60 Å². The molecule has 1 aromatic rings. The van der Waals surface area contributed by atoms with E-state index in [0.29, 0.717) is 0 Å². The number of Topliss-reactive ketones (excluding diaryl/α,β-unsaturated/α-hetero) is 2. The van der Waals surface area contributed by atoms with Crippen LogP contribution in [0.2, 0.25) is 0 Å². The SMILES string of the molecule is CC(=O)O[C@@]12CO[C@@H]1C[C@H](O)[C@@]1(C)C(=O)C(=O)C3=C(C)[C@@H](O)C[C@]3(C(C)(C)OC(=O)c3ccccc3)[C@@H](O)[C@H]21. The van der Waals surface area contributed by atoms with Gasteiger partial charge in [0.1, 0.15) is 11.7 Å². The fourth-order valence-electron chi connectivity index (χ4n) is 7.63. The summed E-state index contributed by atoms with van der Waals surface area (Å²) >= 11 is 0. The highest BCUT2D eigenvalue weighted by molar-refractivity contribution is 6.46. The van der Waals surface area contributed by atoms with Crippen molar-refractivity contribution in [3.8, 4) is 0 Å². The molecule has 3 fully saturated rings. The first kappa shape index (κ1) is 27.6. The Morgan fingerprint density at radius 2 is 1.74 bits per heavy atom. The van der Waals surface area contributed by atoms with Gasteiger partial charge >= 0.3 is 11.9 Å². The Labute approximate surface area is 225 Å². The molecule has 10 heteroatoms. The molecule has 2 saturated carbocycles. The van der Waals surface area contributed by atoms with Crippen LogP contribution in [0.4, 0.5) is 0 Å². The zero-order valence-corrected chi connectivity index (χ0v) is 22.6. The van der Waals surface area contributed by atoms with E-state index in [1.54, 1.807) is 30.3 Å². The number of ketones is 2. The summed E-state index contributed by atoms with van der Waals surface area (Å²) in [5, 5.41) is 34.8. The molecule has 4 aliphatic rings. The predicted octanol–water partition coefficient (Wildman–Crippen LogP) is 1.29. The zero-order chi connectivity index (χ0) is 28.7. The Hall–Kier alpha value is -2.92. The minimum atomic E-state index is -1.86. The molecule has 210 valence electrons. The lowest BCUT2D eigenvalue weighted by Gasteiger charge is -2.63. The van der Waals surface area contributed by atoms with Gasteiger partial charge in [0.2, 0.25) is 11.6 Å². The molecule has 0 radical (unpaired) electrons. The summed E-state index contributed by atoms with van der Waals surface area (Å²) in [6.07, 6.45) is -5.48. The third-order valence-corrected chi connectivity index (χ3v) is 9.72. The fraction of sp³-hybridized carbons (Fsp3) is 0.586. The van der Waals surface area contributed by atoms with Crippen molar-refractivity contribution in [1.82, 2.24) is 0 Å². The second-order valence-corrected chi connectivity index (χ2v) is 12.0. The average Bonchev–Trinajstić information content (AvgIpc) is 3.13. The molecular weight excluding hydrogens is 508 g/mol. The average molecular weight is 543 g/mol. The first-order valence-electron chi connectivity index (χ1n) is 13.1. The molecule has 8 atom stereocenters. The highest BCUT2D eigenvalue weighted by Gasteiger charge is 2.78. The van der Waals surface area contributed by atoms with E-state index in [0.717, 1.165) is 0 Å². The van der Waals surface area contributed by atoms with Crippen LogP contribution in [0.25, 0.3) is 0 Å². The number of fused-ring (bicyclic) bond motifs is 4. The van der Waals surface area contributed by atoms with Gasteiger partial charge < -0.3 is 29.5 Å². The van der Waals surface area contributed by atoms with Crippen molar-refractivity contribution in [2.75, 3.05) is 6.61 Å². The van der Waals surface area contributed by atoms with Gasteiger partial charge in [-0.25, -0.2) is 4.79 Å². The molecule has 0 amide bonds. The Balaban J connectivity index is 1.74. The predicted molar refractivity (Wildman–Crippen MR) is 134 cm³/mol. The van der Waals surface area contributed by atoms with Crippen molar-refractivity contribution < 1.29 is 48.7 Å². The van der Waals surface area contributed by atoms with E-state index in [-0.39, 0.29) is 36.2 Å². The molecule has 1 aromatic carbocycles. The number of ether oxygens (including phenoxy) is 3. The molecule has 1 saturated heterocycles. The minimum Gasteiger partial charge on any atom is -0.455 e. The lowest BCUT2D eigenvalue weighted by molar-refractivity contribution is -0.337. The Morgan fingerprint density at radius 1 is 1.10 bits per heavy atom. The third kappa shape index (κ3) is 3.48. The van der Waals surface area contributed by atoms with Crippen LogP contribution in [0.3, 0.4) is 0 Å². The van der Waals surface area contributed by atoms with Crippen molar-refractivity contribution in [2.45, 2.75) is 83.1 Å². The van der Waals surface area contributed by atoms with Crippen molar-refractivity contribution in [1.29, 1.82) is 0 Å². The first-order valence-corrected chi connectivity index (χ1v) is 13.1. The second kappa shape index (κ2) is 8.79. The number of rotatable bonds is 4. The summed E-state index contributed by atoms with van der Waals surface area (Å²) in [4.78, 5) is 53.7. The molecule has 1 heterocycles. The van der Waals surface area contributed by atoms with Crippen LogP contribution in [0, 0.1) is 16.7 Å². The number of aliphatic hydroxyl groups is 3. The van der Waals surface area contributed by atoms with Crippen LogP contribution < -0.4 is 0 Å². The molecule has 5 rings (SSSR count). The maximum absolute atomic E-state index is 14.1. The van der Waals surface area contributed by atoms with Gasteiger partial charge in [0.25, 0.3) is 0 Å². The molecule has 3 aliphatic carbocycles. The van der Waals surface area contributed by atoms with Crippen molar-refractivity contribution in [2.24, 2.45) is 16.7 Å². The highest BCUT2D eigenvalue weighted by atomic mass is 16.6. The summed E-state index contributed by atoms with van der Waals surface area (Å²) in [6, 6.07) is 8.17. The van der Waals surface area contributed by atoms with E-state index in [1.807, 2.05) is 0 Å². The Morgan fingerprint density at radius 3 is 2.31 bits per heavy atom. The summed E-state index contributed by atoms with van der Waals surface area (Å²) < 4.78 is 17.5. The van der Waals surface area contributed by atoms with Gasteiger partial charge in [-0.1, -0.05) is 18.2 Å². The van der Waals surface area contributed by atoms with Crippen molar-refractivity contribution in [3.05, 3.63) is 47.0 Å². The van der Waals surface area contributed by atoms with Crippen molar-refractivity contribution >= 4 is 23.5 Å². The summed E-state index contributed by atoms with van der Waals surface area (Å²) in [5.74, 6) is -4.67. The van der Waals surface area contributed by atoms with Crippen LogP contribution >= 0.6 is 0 Å². The normalized spacial score (nSPS) is 39.6. The molecule has 0 unspecified atom stereocenters. The van der Waals surface area contributed by atoms with Gasteiger partial charge in [-0.2, -0.15) is 0 Å². The fourth-order valence-corrected chi connectivity index (χ4v) is 7.63. The Bertz CT molecular complexity index is 1280. The number of aliphatic hydroxyl groups excluding tert-OH is 3. The van der Waals surface area contributed by atoms with Crippen LogP contribution in [-0.4, -0.2) is 81.0 Å². The topological polar surface area (TPSA) is 157 Å². The second-order valence-electron chi connectivity index (χ2n) is 12.0. The van der Waals surface area contributed by atoms with Crippen LogP contribution in [0.1, 0.15) is 57.8 Å². The van der Waals surface area contributed by atoms with Gasteiger partial charge in [-0.15, -0.1) is 0 Å². The summed E-state index contributed by atoms with van der Waals surface area (Å²) in [5.41, 5.74) is -6.57. The number of hydrogen-bond acceptors (Lipinski definition) is 10. The molecular formula is C29H34O10. The van der Waals surface area contributed by atoms with Gasteiger partial charge in [0, 0.05) is 24.8 Å². The van der Waals surface area contributed by atoms with Crippen LogP contribution in [-0.2, 0) is 28.6 Å². The molecule has 39 heavy (non-hydrogen) atoms. The van der Waals surface area contributed by atoms with Crippen molar-refractivity contribution in [3.63, 3.8) is 0 Å². The van der Waals surface area contributed by atoms with Gasteiger partial charge in [-0.05, 0) is 51.8 Å². The molecule has 0 aromatic heterocycles. The monoisotopic (exact) mass is 542 g/mol. The quantitative estimate of drug-likeness (QED) is 0.374. The van der Waals surface area contributed by atoms with Gasteiger partial charge in [-0.3, -0.25) is 14.4 Å². The van der Waals surface area contributed by atoms with E-state index >= 15 is 0 Å². The van der Waals surface area contributed by atoms with Crippen LogP contribution in [0.15, 0.2) is 41.5 Å². The molecule has 10 nitrogen and oxygen atoms in total. The summed E-state index contributed by atoms with van der Waals surface area (Å²) in [6.45, 7) is 6.97. The number of carbonyl (C=O) groups is 4. The molecule has 1 aliphatic heterocycles. The molecule has 3 N–H and O–H groups in total. The smallest absolute Gasteiger partial charge is 0.338 e. The summed E-state index contributed by atoms with van der Waals surface area (Å²) in [7, 11) is 0. The standard InChI is InChI=1S/C29H34O10/c1-14-17(31)12-28(26(3,4)39-25(36)16-9-7-6-8-10-16)20(14)21(33)23(34)27(5)18(32)11-19-29(13-37-19,38-15(2)30)22(27)24(28)35/h6-10,17-19,22,24,31-32,35H,11-13H2,1-5H3/t17-,18-,19+,22-,24-,27+,28+,29-/m0/s1. The maximum atomic E-state index is 14.1. The minimum absolute atomic E-state index is 0.0912. The van der Waals surface area contributed by atoms with E-state index < -0.39 is 75.9 Å². The largest absolute Gasteiger partial charge is 0.455 e. The molecule has 0 spiro atoms. The highest BCUT2D eigenvalue weighted by Crippen LogP contribution is 2.65. The number of carbonyl (C=O) groups excluding carboxylic acids is 4. The number of hydrogen-bond donors (Lipinski definition) is 3. The van der Waals surface area contributed by atoms with E-state index in [1.165, 1.54) is 34.6 Å². The zero-order valence-electron chi connectivity index (χ0n) is 22.6. The number of benzene rings is 1. The first-order chi connectivity index (χ1) is 18.1. The van der Waals surface area contributed by atoms with E-state index in [9.17, 15) is 34.5 Å². The van der Waals surface area contributed by atoms with Crippen LogP contribution in [0.5, 0.6) is 0 Å². The van der Waals surface area contributed by atoms with Gasteiger partial charge in [0.05, 0.1) is 41.3 Å². The number of esters is 2. The lowest BCUT2D eigenvalue weighted by Crippen LogP contribution is -2.78. The lowest BCUT2D eigenvalue weighted by atomic mass is 9.50. The van der Waals surface area contributed by atoms with E-state index in [4.69, 9.17) is 14.2 Å².